The van der Waals surface area contributed by atoms with Crippen LogP contribution in [0.15, 0.2) is 0 Å². The lowest BCUT2D eigenvalue weighted by Crippen LogP contribution is -2.53. The first-order chi connectivity index (χ1) is 7.32. The molecular weight excluding hydrogens is 200 g/mol. The third-order valence-electron chi connectivity index (χ3n) is 3.74. The Hall–Kier alpha value is -0.0800. The molecule has 0 saturated heterocycles. The summed E-state index contributed by atoms with van der Waals surface area (Å²) in [5.41, 5.74) is -0.406. The molecule has 0 radical (unpaired) electrons. The van der Waals surface area contributed by atoms with E-state index < -0.39 is 0 Å². The number of aliphatic hydroxyl groups excluding tert-OH is 1. The van der Waals surface area contributed by atoms with Gasteiger partial charge in [0.25, 0.3) is 0 Å². The number of aliphatic hydroxyl groups is 1. The van der Waals surface area contributed by atoms with Crippen molar-refractivity contribution in [3.05, 3.63) is 0 Å². The average Bonchev–Trinajstić information content (AvgIpc) is 2.15. The van der Waals surface area contributed by atoms with Crippen molar-refractivity contribution in [3.63, 3.8) is 0 Å². The van der Waals surface area contributed by atoms with E-state index in [1.54, 1.807) is 0 Å². The summed E-state index contributed by atoms with van der Waals surface area (Å²) in [4.78, 5) is 0. The molecule has 0 amide bonds. The molecule has 2 heteroatoms. The quantitative estimate of drug-likeness (QED) is 0.802. The number of rotatable bonds is 3. The Morgan fingerprint density at radius 2 is 2.06 bits per heavy atom. The first-order valence-electron chi connectivity index (χ1n) is 6.64. The molecule has 96 valence electrons. The number of ether oxygens (including phenoxy) is 1. The maximum atomic E-state index is 10.6. The fourth-order valence-corrected chi connectivity index (χ4v) is 3.08. The lowest BCUT2D eigenvalue weighted by molar-refractivity contribution is -0.177. The van der Waals surface area contributed by atoms with E-state index >= 15 is 0 Å². The van der Waals surface area contributed by atoms with Crippen molar-refractivity contribution in [1.29, 1.82) is 0 Å². The molecule has 0 aromatic carbocycles. The van der Waals surface area contributed by atoms with Crippen molar-refractivity contribution in [2.45, 2.75) is 72.0 Å². The summed E-state index contributed by atoms with van der Waals surface area (Å²) < 4.78 is 5.98. The molecule has 1 aliphatic rings. The highest BCUT2D eigenvalue weighted by Gasteiger charge is 2.46. The summed E-state index contributed by atoms with van der Waals surface area (Å²) in [7, 11) is 0. The van der Waals surface area contributed by atoms with Crippen LogP contribution in [0.25, 0.3) is 0 Å². The zero-order chi connectivity index (χ0) is 12.4. The third-order valence-corrected chi connectivity index (χ3v) is 3.74. The topological polar surface area (TPSA) is 29.5 Å². The van der Waals surface area contributed by atoms with Crippen molar-refractivity contribution in [3.8, 4) is 0 Å². The summed E-state index contributed by atoms with van der Waals surface area (Å²) in [6.07, 6.45) is 4.07. The summed E-state index contributed by atoms with van der Waals surface area (Å²) >= 11 is 0. The highest BCUT2D eigenvalue weighted by molar-refractivity contribution is 4.97. The predicted molar refractivity (Wildman–Crippen MR) is 67.5 cm³/mol. The zero-order valence-corrected chi connectivity index (χ0v) is 11.5. The fraction of sp³-hybridized carbons (Fsp3) is 1.00. The van der Waals surface area contributed by atoms with Gasteiger partial charge in [-0.1, -0.05) is 40.5 Å². The van der Waals surface area contributed by atoms with Gasteiger partial charge in [0.1, 0.15) is 0 Å². The second-order valence-electron chi connectivity index (χ2n) is 6.47. The van der Waals surface area contributed by atoms with Crippen LogP contribution in [-0.2, 0) is 4.74 Å². The van der Waals surface area contributed by atoms with E-state index in [0.717, 1.165) is 12.8 Å². The monoisotopic (exact) mass is 228 g/mol. The third kappa shape index (κ3) is 2.98. The van der Waals surface area contributed by atoms with Crippen LogP contribution in [-0.4, -0.2) is 23.4 Å². The summed E-state index contributed by atoms with van der Waals surface area (Å²) in [5, 5.41) is 10.6. The Morgan fingerprint density at radius 1 is 1.44 bits per heavy atom. The number of hydrogen-bond acceptors (Lipinski definition) is 2. The van der Waals surface area contributed by atoms with Crippen molar-refractivity contribution < 1.29 is 9.84 Å². The van der Waals surface area contributed by atoms with E-state index in [1.807, 2.05) is 6.92 Å². The molecule has 3 unspecified atom stereocenters. The zero-order valence-electron chi connectivity index (χ0n) is 11.5. The highest BCUT2D eigenvalue weighted by Crippen LogP contribution is 2.42. The van der Waals surface area contributed by atoms with E-state index in [0.29, 0.717) is 12.5 Å². The Morgan fingerprint density at radius 3 is 2.50 bits per heavy atom. The maximum absolute atomic E-state index is 10.6. The van der Waals surface area contributed by atoms with Crippen molar-refractivity contribution in [2.75, 3.05) is 6.61 Å². The van der Waals surface area contributed by atoms with Gasteiger partial charge in [-0.25, -0.2) is 0 Å². The van der Waals surface area contributed by atoms with Crippen LogP contribution in [0.2, 0.25) is 0 Å². The first kappa shape index (κ1) is 14.0. The molecule has 1 N–H and O–H groups in total. The fourth-order valence-electron chi connectivity index (χ4n) is 3.08. The van der Waals surface area contributed by atoms with Gasteiger partial charge < -0.3 is 9.84 Å². The lowest BCUT2D eigenvalue weighted by Gasteiger charge is -2.47. The SMILES string of the molecule is CCOC1(C(O)C(C)(C)C)CCCC(C)C1. The van der Waals surface area contributed by atoms with Crippen LogP contribution in [0, 0.1) is 11.3 Å². The molecule has 0 bridgehead atoms. The normalized spacial score (nSPS) is 33.8. The standard InChI is InChI=1S/C14H28O2/c1-6-16-14(12(15)13(3,4)5)9-7-8-11(2)10-14/h11-12,15H,6-10H2,1-5H3. The Kier molecular flexibility index (Phi) is 4.42. The van der Waals surface area contributed by atoms with Crippen molar-refractivity contribution in [1.82, 2.24) is 0 Å². The Labute approximate surface area is 100 Å². The molecule has 0 spiro atoms. The van der Waals surface area contributed by atoms with E-state index in [9.17, 15) is 5.11 Å². The van der Waals surface area contributed by atoms with Gasteiger partial charge in [-0.3, -0.25) is 0 Å². The van der Waals surface area contributed by atoms with E-state index in [1.165, 1.54) is 12.8 Å². The van der Waals surface area contributed by atoms with Gasteiger partial charge in [0.15, 0.2) is 0 Å². The Balaban J connectivity index is 2.86. The lowest BCUT2D eigenvalue weighted by atomic mass is 9.69. The first-order valence-corrected chi connectivity index (χ1v) is 6.64. The van der Waals surface area contributed by atoms with Crippen LogP contribution in [0.5, 0.6) is 0 Å². The van der Waals surface area contributed by atoms with Gasteiger partial charge in [0.2, 0.25) is 0 Å². The summed E-state index contributed by atoms with van der Waals surface area (Å²) in [6, 6.07) is 0. The van der Waals surface area contributed by atoms with Gasteiger partial charge in [-0.15, -0.1) is 0 Å². The minimum atomic E-state index is -0.373. The molecule has 0 aromatic rings. The van der Waals surface area contributed by atoms with Crippen LogP contribution < -0.4 is 0 Å². The summed E-state index contributed by atoms with van der Waals surface area (Å²) in [5.74, 6) is 0.664. The second kappa shape index (κ2) is 5.05. The number of hydrogen-bond donors (Lipinski definition) is 1. The molecule has 0 aliphatic heterocycles. The van der Waals surface area contributed by atoms with Gasteiger partial charge in [-0.05, 0) is 31.1 Å². The van der Waals surface area contributed by atoms with Crippen LogP contribution in [0.3, 0.4) is 0 Å². The molecule has 0 heterocycles. The van der Waals surface area contributed by atoms with Crippen molar-refractivity contribution in [2.24, 2.45) is 11.3 Å². The minimum absolute atomic E-state index is 0.105. The molecule has 0 aromatic heterocycles. The van der Waals surface area contributed by atoms with Gasteiger partial charge >= 0.3 is 0 Å². The molecule has 1 rings (SSSR count). The minimum Gasteiger partial charge on any atom is -0.390 e. The highest BCUT2D eigenvalue weighted by atomic mass is 16.5. The second-order valence-corrected chi connectivity index (χ2v) is 6.47. The molecule has 1 fully saturated rings. The molecule has 1 saturated carbocycles. The molecule has 3 atom stereocenters. The van der Waals surface area contributed by atoms with Gasteiger partial charge in [0, 0.05) is 6.61 Å². The van der Waals surface area contributed by atoms with Crippen LogP contribution >= 0.6 is 0 Å². The van der Waals surface area contributed by atoms with Crippen LogP contribution in [0.4, 0.5) is 0 Å². The molecule has 2 nitrogen and oxygen atoms in total. The van der Waals surface area contributed by atoms with Crippen LogP contribution in [0.1, 0.15) is 60.3 Å². The molecular formula is C14H28O2. The molecule has 16 heavy (non-hydrogen) atoms. The maximum Gasteiger partial charge on any atom is 0.0947 e. The average molecular weight is 228 g/mol. The summed E-state index contributed by atoms with van der Waals surface area (Å²) in [6.45, 7) is 11.3. The van der Waals surface area contributed by atoms with E-state index in [4.69, 9.17) is 4.74 Å². The largest absolute Gasteiger partial charge is 0.390 e. The van der Waals surface area contributed by atoms with Crippen molar-refractivity contribution >= 4 is 0 Å². The predicted octanol–water partition coefficient (Wildman–Crippen LogP) is 3.38. The molecule has 1 aliphatic carbocycles. The van der Waals surface area contributed by atoms with Gasteiger partial charge in [-0.2, -0.15) is 0 Å². The Bertz CT molecular complexity index is 215. The van der Waals surface area contributed by atoms with Gasteiger partial charge in [0.05, 0.1) is 11.7 Å². The smallest absolute Gasteiger partial charge is 0.0947 e. The van der Waals surface area contributed by atoms with E-state index in [2.05, 4.69) is 27.7 Å². The van der Waals surface area contributed by atoms with E-state index in [-0.39, 0.29) is 17.1 Å².